The number of halogens is 1. The summed E-state index contributed by atoms with van der Waals surface area (Å²) in [6.45, 7) is 2.06. The van der Waals surface area contributed by atoms with Crippen molar-refractivity contribution in [2.24, 2.45) is 0 Å². The van der Waals surface area contributed by atoms with E-state index in [9.17, 15) is 0 Å². The van der Waals surface area contributed by atoms with Crippen LogP contribution in [0.1, 0.15) is 5.56 Å². The van der Waals surface area contributed by atoms with Crippen molar-refractivity contribution in [3.8, 4) is 0 Å². The van der Waals surface area contributed by atoms with Crippen LogP contribution >= 0.6 is 27.7 Å². The molecule has 0 saturated heterocycles. The number of aromatic nitrogens is 2. The second-order valence-corrected chi connectivity index (χ2v) is 5.12. The average Bonchev–Trinajstić information content (AvgIpc) is 2.35. The maximum absolute atomic E-state index is 4.42. The van der Waals surface area contributed by atoms with Gasteiger partial charge in [0.25, 0.3) is 0 Å². The molecule has 0 aliphatic carbocycles. The maximum Gasteiger partial charge on any atom is 0.189 e. The fourth-order valence-corrected chi connectivity index (χ4v) is 2.01. The quantitative estimate of drug-likeness (QED) is 0.686. The molecule has 0 unspecified atom stereocenters. The molecule has 0 fully saturated rings. The lowest BCUT2D eigenvalue weighted by Gasteiger charge is -2.10. The third kappa shape index (κ3) is 2.98. The van der Waals surface area contributed by atoms with E-state index in [-0.39, 0.29) is 0 Å². The van der Waals surface area contributed by atoms with Crippen molar-refractivity contribution in [3.05, 3.63) is 40.5 Å². The molecule has 5 heteroatoms. The van der Waals surface area contributed by atoms with Crippen LogP contribution < -0.4 is 5.32 Å². The minimum atomic E-state index is 0.754. The Bertz CT molecular complexity index is 531. The summed E-state index contributed by atoms with van der Waals surface area (Å²) in [5.41, 5.74) is 2.24. The van der Waals surface area contributed by atoms with E-state index in [0.717, 1.165) is 21.1 Å². The molecular weight excluding hydrogens is 298 g/mol. The van der Waals surface area contributed by atoms with Crippen LogP contribution in [-0.4, -0.2) is 16.2 Å². The van der Waals surface area contributed by atoms with Gasteiger partial charge in [0, 0.05) is 11.9 Å². The van der Waals surface area contributed by atoms with Gasteiger partial charge in [0.2, 0.25) is 0 Å². The molecule has 0 radical (unpaired) electrons. The Balaban J connectivity index is 2.32. The van der Waals surface area contributed by atoms with Crippen LogP contribution in [0.3, 0.4) is 0 Å². The van der Waals surface area contributed by atoms with E-state index >= 15 is 0 Å². The Hall–Kier alpha value is -1.07. The first kappa shape index (κ1) is 12.4. The Labute approximate surface area is 113 Å². The summed E-state index contributed by atoms with van der Waals surface area (Å²) in [6.07, 6.45) is 3.72. The molecule has 17 heavy (non-hydrogen) atoms. The minimum absolute atomic E-state index is 0.754. The van der Waals surface area contributed by atoms with Gasteiger partial charge in [0.05, 0.1) is 4.47 Å². The summed E-state index contributed by atoms with van der Waals surface area (Å²) in [4.78, 5) is 8.61. The highest BCUT2D eigenvalue weighted by molar-refractivity contribution is 9.10. The van der Waals surface area contributed by atoms with Crippen molar-refractivity contribution in [2.75, 3.05) is 11.6 Å². The fraction of sp³-hybridized carbons (Fsp3) is 0.167. The fourth-order valence-electron chi connectivity index (χ4n) is 1.38. The summed E-state index contributed by atoms with van der Waals surface area (Å²) in [5, 5.41) is 4.06. The van der Waals surface area contributed by atoms with Gasteiger partial charge >= 0.3 is 0 Å². The number of aryl methyl sites for hydroxylation is 1. The van der Waals surface area contributed by atoms with Crippen LogP contribution in [-0.2, 0) is 0 Å². The number of anilines is 2. The summed E-state index contributed by atoms with van der Waals surface area (Å²) < 4.78 is 0.860. The lowest BCUT2D eigenvalue weighted by molar-refractivity contribution is 0.967. The van der Waals surface area contributed by atoms with Gasteiger partial charge < -0.3 is 5.32 Å². The Morgan fingerprint density at radius 2 is 2.06 bits per heavy atom. The molecule has 1 N–H and O–H groups in total. The molecule has 1 aromatic carbocycles. The topological polar surface area (TPSA) is 37.8 Å². The van der Waals surface area contributed by atoms with Gasteiger partial charge in [-0.05, 0) is 40.7 Å². The number of rotatable bonds is 3. The molecule has 0 saturated carbocycles. The van der Waals surface area contributed by atoms with Crippen LogP contribution in [0.15, 0.2) is 40.1 Å². The van der Waals surface area contributed by atoms with E-state index in [1.54, 1.807) is 6.20 Å². The van der Waals surface area contributed by atoms with E-state index < -0.39 is 0 Å². The molecule has 2 rings (SSSR count). The van der Waals surface area contributed by atoms with Gasteiger partial charge in [0.1, 0.15) is 5.82 Å². The Kier molecular flexibility index (Phi) is 4.02. The predicted octanol–water partition coefficient (Wildman–Crippen LogP) is 4.01. The zero-order chi connectivity index (χ0) is 12.3. The third-order valence-electron chi connectivity index (χ3n) is 2.30. The van der Waals surface area contributed by atoms with Gasteiger partial charge in [-0.3, -0.25) is 0 Å². The first-order chi connectivity index (χ1) is 8.20. The first-order valence-electron chi connectivity index (χ1n) is 5.10. The molecule has 0 spiro atoms. The molecule has 2 aromatic rings. The van der Waals surface area contributed by atoms with Gasteiger partial charge in [-0.2, -0.15) is 0 Å². The van der Waals surface area contributed by atoms with Crippen LogP contribution in [0.5, 0.6) is 0 Å². The summed E-state index contributed by atoms with van der Waals surface area (Å²) in [6, 6.07) is 8.11. The molecule has 0 aliphatic heterocycles. The van der Waals surface area contributed by atoms with Crippen LogP contribution in [0, 0.1) is 6.92 Å². The lowest BCUT2D eigenvalue weighted by Crippen LogP contribution is -1.98. The Morgan fingerprint density at radius 1 is 1.29 bits per heavy atom. The van der Waals surface area contributed by atoms with Crippen molar-refractivity contribution in [1.82, 2.24) is 9.97 Å². The number of nitrogens with zero attached hydrogens (tertiary/aromatic N) is 2. The van der Waals surface area contributed by atoms with E-state index in [4.69, 9.17) is 0 Å². The molecule has 1 aromatic heterocycles. The highest BCUT2D eigenvalue weighted by atomic mass is 79.9. The van der Waals surface area contributed by atoms with Crippen molar-refractivity contribution < 1.29 is 0 Å². The molecule has 0 aliphatic rings. The Morgan fingerprint density at radius 3 is 2.76 bits per heavy atom. The van der Waals surface area contributed by atoms with Crippen LogP contribution in [0.4, 0.5) is 11.5 Å². The zero-order valence-corrected chi connectivity index (χ0v) is 12.0. The molecule has 88 valence electrons. The number of nitrogens with one attached hydrogen (secondary N) is 1. The SMILES string of the molecule is CSc1ncc(Br)c(Nc2ccccc2C)n1. The smallest absolute Gasteiger partial charge is 0.189 e. The molecule has 0 amide bonds. The number of hydrogen-bond acceptors (Lipinski definition) is 4. The summed E-state index contributed by atoms with van der Waals surface area (Å²) in [7, 11) is 0. The standard InChI is InChI=1S/C12H12BrN3S/c1-8-5-3-4-6-10(8)15-11-9(13)7-14-12(16-11)17-2/h3-7H,1-2H3,(H,14,15,16). The second kappa shape index (κ2) is 5.51. The maximum atomic E-state index is 4.42. The summed E-state index contributed by atoms with van der Waals surface area (Å²) >= 11 is 4.97. The predicted molar refractivity (Wildman–Crippen MR) is 76.0 cm³/mol. The van der Waals surface area contributed by atoms with Crippen molar-refractivity contribution in [3.63, 3.8) is 0 Å². The number of benzene rings is 1. The second-order valence-electron chi connectivity index (χ2n) is 3.49. The van der Waals surface area contributed by atoms with Crippen molar-refractivity contribution in [2.45, 2.75) is 12.1 Å². The van der Waals surface area contributed by atoms with Crippen LogP contribution in [0.2, 0.25) is 0 Å². The number of para-hydroxylation sites is 1. The highest BCUT2D eigenvalue weighted by Gasteiger charge is 2.05. The van der Waals surface area contributed by atoms with Gasteiger partial charge in [-0.15, -0.1) is 0 Å². The lowest BCUT2D eigenvalue weighted by atomic mass is 10.2. The molecule has 3 nitrogen and oxygen atoms in total. The minimum Gasteiger partial charge on any atom is -0.339 e. The molecular formula is C12H12BrN3S. The average molecular weight is 310 g/mol. The molecule has 0 atom stereocenters. The third-order valence-corrected chi connectivity index (χ3v) is 3.44. The first-order valence-corrected chi connectivity index (χ1v) is 7.11. The van der Waals surface area contributed by atoms with E-state index in [2.05, 4.69) is 44.2 Å². The normalized spacial score (nSPS) is 10.3. The van der Waals surface area contributed by atoms with Gasteiger partial charge in [-0.25, -0.2) is 9.97 Å². The van der Waals surface area contributed by atoms with Crippen molar-refractivity contribution in [1.29, 1.82) is 0 Å². The van der Waals surface area contributed by atoms with E-state index in [1.807, 2.05) is 24.5 Å². The number of thioether (sulfide) groups is 1. The summed E-state index contributed by atoms with van der Waals surface area (Å²) in [5.74, 6) is 0.790. The van der Waals surface area contributed by atoms with Crippen LogP contribution in [0.25, 0.3) is 0 Å². The highest BCUT2D eigenvalue weighted by Crippen LogP contribution is 2.26. The van der Waals surface area contributed by atoms with Gasteiger partial charge in [0.15, 0.2) is 5.16 Å². The van der Waals surface area contributed by atoms with E-state index in [0.29, 0.717) is 0 Å². The van der Waals surface area contributed by atoms with E-state index in [1.165, 1.54) is 17.3 Å². The zero-order valence-electron chi connectivity index (χ0n) is 9.57. The van der Waals surface area contributed by atoms with Gasteiger partial charge in [-0.1, -0.05) is 30.0 Å². The molecule has 1 heterocycles. The molecule has 0 bridgehead atoms. The monoisotopic (exact) mass is 309 g/mol. The van der Waals surface area contributed by atoms with Crippen molar-refractivity contribution >= 4 is 39.2 Å². The largest absolute Gasteiger partial charge is 0.339 e. The number of hydrogen-bond donors (Lipinski definition) is 1.